The van der Waals surface area contributed by atoms with E-state index in [1.165, 1.54) is 5.56 Å². The summed E-state index contributed by atoms with van der Waals surface area (Å²) in [5.41, 5.74) is 1.30. The average molecular weight is 356 g/mol. The fourth-order valence-electron chi connectivity index (χ4n) is 3.16. The molecule has 1 fully saturated rings. The summed E-state index contributed by atoms with van der Waals surface area (Å²) < 4.78 is 12.7. The van der Waals surface area contributed by atoms with Gasteiger partial charge >= 0.3 is 0 Å². The van der Waals surface area contributed by atoms with E-state index in [0.717, 1.165) is 49.1 Å². The lowest BCUT2D eigenvalue weighted by Crippen LogP contribution is -2.42. The number of fused-ring (bicyclic) bond motifs is 1. The van der Waals surface area contributed by atoms with Gasteiger partial charge in [0, 0.05) is 30.5 Å². The molecule has 0 aliphatic carbocycles. The van der Waals surface area contributed by atoms with Crippen LogP contribution in [-0.4, -0.2) is 55.1 Å². The molecular formula is C16H22BrNO3. The first kappa shape index (κ1) is 15.3. The number of benzene rings is 1. The predicted molar refractivity (Wildman–Crippen MR) is 84.8 cm³/mol. The molecular weight excluding hydrogens is 334 g/mol. The summed E-state index contributed by atoms with van der Waals surface area (Å²) in [7, 11) is 0. The van der Waals surface area contributed by atoms with Crippen molar-refractivity contribution in [2.75, 3.05) is 32.8 Å². The molecule has 0 amide bonds. The maximum absolute atomic E-state index is 8.79. The van der Waals surface area contributed by atoms with Gasteiger partial charge in [-0.25, -0.2) is 0 Å². The molecule has 0 saturated carbocycles. The second kappa shape index (κ2) is 7.09. The second-order valence-corrected chi connectivity index (χ2v) is 6.71. The largest absolute Gasteiger partial charge is 0.488 e. The number of hydrogen-bond donors (Lipinski definition) is 1. The third kappa shape index (κ3) is 3.97. The fourth-order valence-corrected chi connectivity index (χ4v) is 3.57. The summed E-state index contributed by atoms with van der Waals surface area (Å²) in [6.07, 6.45) is 3.67. The minimum absolute atomic E-state index is 0.115. The monoisotopic (exact) mass is 355 g/mol. The highest BCUT2D eigenvalue weighted by Crippen LogP contribution is 2.31. The Morgan fingerprint density at radius 1 is 1.33 bits per heavy atom. The second-order valence-electron chi connectivity index (χ2n) is 5.79. The van der Waals surface area contributed by atoms with Gasteiger partial charge in [0.15, 0.2) is 0 Å². The van der Waals surface area contributed by atoms with Gasteiger partial charge in [-0.15, -0.1) is 0 Å². The van der Waals surface area contributed by atoms with Gasteiger partial charge in [0.25, 0.3) is 0 Å². The number of hydrogen-bond acceptors (Lipinski definition) is 4. The van der Waals surface area contributed by atoms with E-state index in [2.05, 4.69) is 26.9 Å². The van der Waals surface area contributed by atoms with Crippen molar-refractivity contribution in [1.29, 1.82) is 0 Å². The maximum atomic E-state index is 8.79. The van der Waals surface area contributed by atoms with Crippen molar-refractivity contribution in [3.63, 3.8) is 0 Å². The molecule has 0 spiro atoms. The van der Waals surface area contributed by atoms with Gasteiger partial charge in [0.2, 0.25) is 0 Å². The van der Waals surface area contributed by atoms with E-state index in [1.54, 1.807) is 0 Å². The smallest absolute Gasteiger partial charge is 0.123 e. The van der Waals surface area contributed by atoms with Crippen molar-refractivity contribution in [3.8, 4) is 5.75 Å². The van der Waals surface area contributed by atoms with E-state index < -0.39 is 0 Å². The highest BCUT2D eigenvalue weighted by molar-refractivity contribution is 9.10. The first-order chi connectivity index (χ1) is 10.2. The van der Waals surface area contributed by atoms with Crippen LogP contribution in [0.25, 0.3) is 0 Å². The third-order valence-corrected chi connectivity index (χ3v) is 4.70. The summed E-state index contributed by atoms with van der Waals surface area (Å²) in [5, 5.41) is 8.79. The van der Waals surface area contributed by atoms with Crippen LogP contribution in [0.1, 0.15) is 18.4 Å². The Morgan fingerprint density at radius 2 is 2.14 bits per heavy atom. The van der Waals surface area contributed by atoms with Gasteiger partial charge in [-0.2, -0.15) is 0 Å². The minimum atomic E-state index is 0.115. The molecule has 4 nitrogen and oxygen atoms in total. The molecule has 0 aromatic heterocycles. The first-order valence-corrected chi connectivity index (χ1v) is 8.44. The summed E-state index contributed by atoms with van der Waals surface area (Å²) >= 11 is 3.51. The molecule has 2 aliphatic heterocycles. The molecule has 0 bridgehead atoms. The lowest BCUT2D eigenvalue weighted by molar-refractivity contribution is -0.0123. The molecule has 1 saturated heterocycles. The first-order valence-electron chi connectivity index (χ1n) is 7.64. The number of aliphatic hydroxyl groups excluding tert-OH is 1. The molecule has 1 aromatic rings. The Bertz CT molecular complexity index is 475. The summed E-state index contributed by atoms with van der Waals surface area (Å²) in [5.74, 6) is 1.03. The highest BCUT2D eigenvalue weighted by atomic mass is 79.9. The van der Waals surface area contributed by atoms with Crippen LogP contribution in [0.2, 0.25) is 0 Å². The van der Waals surface area contributed by atoms with E-state index in [-0.39, 0.29) is 12.7 Å². The molecule has 116 valence electrons. The Kier molecular flexibility index (Phi) is 5.16. The van der Waals surface area contributed by atoms with Gasteiger partial charge in [0.05, 0.1) is 19.3 Å². The zero-order valence-electron chi connectivity index (χ0n) is 12.1. The fraction of sp³-hybridized carbons (Fsp3) is 0.625. The molecule has 1 atom stereocenters. The van der Waals surface area contributed by atoms with Crippen LogP contribution in [0.4, 0.5) is 0 Å². The number of halogens is 1. The standard InChI is InChI=1S/C16H22BrNO3/c17-13-1-2-16-12(9-13)10-15(21-16)11-18-5-3-14(4-6-18)20-8-7-19/h1-2,9,14-15,19H,3-8,10-11H2. The molecule has 0 radical (unpaired) electrons. The van der Waals surface area contributed by atoms with Crippen molar-refractivity contribution < 1.29 is 14.6 Å². The van der Waals surface area contributed by atoms with Crippen molar-refractivity contribution in [2.24, 2.45) is 0 Å². The third-order valence-electron chi connectivity index (χ3n) is 4.21. The van der Waals surface area contributed by atoms with Gasteiger partial charge in [-0.1, -0.05) is 15.9 Å². The number of ether oxygens (including phenoxy) is 2. The zero-order valence-corrected chi connectivity index (χ0v) is 13.7. The van der Waals surface area contributed by atoms with Crippen LogP contribution in [0.15, 0.2) is 22.7 Å². The van der Waals surface area contributed by atoms with Gasteiger partial charge in [-0.05, 0) is 36.6 Å². The summed E-state index contributed by atoms with van der Waals surface area (Å²) in [4.78, 5) is 2.46. The van der Waals surface area contributed by atoms with Crippen LogP contribution in [0.3, 0.4) is 0 Å². The molecule has 1 unspecified atom stereocenters. The van der Waals surface area contributed by atoms with Crippen molar-refractivity contribution in [1.82, 2.24) is 4.90 Å². The predicted octanol–water partition coefficient (Wildman–Crippen LogP) is 2.23. The van der Waals surface area contributed by atoms with Crippen molar-refractivity contribution in [3.05, 3.63) is 28.2 Å². The molecule has 1 aromatic carbocycles. The Hall–Kier alpha value is -0.620. The van der Waals surface area contributed by atoms with E-state index in [1.807, 2.05) is 12.1 Å². The Morgan fingerprint density at radius 3 is 2.90 bits per heavy atom. The van der Waals surface area contributed by atoms with Crippen LogP contribution in [-0.2, 0) is 11.2 Å². The topological polar surface area (TPSA) is 41.9 Å². The SMILES string of the molecule is OCCOC1CCN(CC2Cc3cc(Br)ccc3O2)CC1. The number of nitrogens with zero attached hydrogens (tertiary/aromatic N) is 1. The zero-order chi connectivity index (χ0) is 14.7. The summed E-state index contributed by atoms with van der Waals surface area (Å²) in [6, 6.07) is 6.24. The van der Waals surface area contributed by atoms with Crippen LogP contribution in [0, 0.1) is 0 Å². The van der Waals surface area contributed by atoms with E-state index in [0.29, 0.717) is 12.7 Å². The molecule has 2 aliphatic rings. The summed E-state index contributed by atoms with van der Waals surface area (Å²) in [6.45, 7) is 3.66. The lowest BCUT2D eigenvalue weighted by atomic mass is 10.1. The van der Waals surface area contributed by atoms with Gasteiger partial charge < -0.3 is 14.6 Å². The molecule has 5 heteroatoms. The molecule has 21 heavy (non-hydrogen) atoms. The van der Waals surface area contributed by atoms with E-state index in [9.17, 15) is 0 Å². The van der Waals surface area contributed by atoms with E-state index in [4.69, 9.17) is 14.6 Å². The number of aliphatic hydroxyl groups is 1. The van der Waals surface area contributed by atoms with Crippen LogP contribution < -0.4 is 4.74 Å². The van der Waals surface area contributed by atoms with Crippen LogP contribution in [0.5, 0.6) is 5.75 Å². The van der Waals surface area contributed by atoms with E-state index >= 15 is 0 Å². The number of likely N-dealkylation sites (tertiary alicyclic amines) is 1. The number of piperidine rings is 1. The van der Waals surface area contributed by atoms with Crippen LogP contribution >= 0.6 is 15.9 Å². The molecule has 3 rings (SSSR count). The molecule has 1 N–H and O–H groups in total. The Balaban J connectivity index is 1.45. The van der Waals surface area contributed by atoms with Gasteiger partial charge in [0.1, 0.15) is 11.9 Å². The van der Waals surface area contributed by atoms with Crippen molar-refractivity contribution >= 4 is 15.9 Å². The Labute approximate surface area is 134 Å². The minimum Gasteiger partial charge on any atom is -0.488 e. The lowest BCUT2D eigenvalue weighted by Gasteiger charge is -2.33. The maximum Gasteiger partial charge on any atom is 0.123 e. The highest BCUT2D eigenvalue weighted by Gasteiger charge is 2.27. The number of rotatable bonds is 5. The average Bonchev–Trinajstić information content (AvgIpc) is 2.88. The quantitative estimate of drug-likeness (QED) is 0.879. The van der Waals surface area contributed by atoms with Gasteiger partial charge in [-0.3, -0.25) is 4.90 Å². The normalized spacial score (nSPS) is 23.0. The van der Waals surface area contributed by atoms with Crippen molar-refractivity contribution in [2.45, 2.75) is 31.5 Å². The molecule has 2 heterocycles.